The van der Waals surface area contributed by atoms with E-state index in [4.69, 9.17) is 10.8 Å². The van der Waals surface area contributed by atoms with Crippen molar-refractivity contribution in [1.82, 2.24) is 10.2 Å². The highest BCUT2D eigenvalue weighted by molar-refractivity contribution is 7.86. The van der Waals surface area contributed by atoms with Crippen molar-refractivity contribution >= 4 is 28.6 Å². The van der Waals surface area contributed by atoms with Crippen LogP contribution in [0.4, 0.5) is 0 Å². The molecule has 6 atom stereocenters. The number of methoxy groups -OCH3 is 1. The second-order valence-corrected chi connectivity index (χ2v) is 11.5. The molecule has 2 fully saturated rings. The van der Waals surface area contributed by atoms with E-state index in [9.17, 15) is 18.6 Å². The van der Waals surface area contributed by atoms with Crippen LogP contribution in [0.5, 0.6) is 5.75 Å². The highest BCUT2D eigenvalue weighted by Gasteiger charge is 2.63. The molecule has 40 heavy (non-hydrogen) atoms. The van der Waals surface area contributed by atoms with Gasteiger partial charge < -0.3 is 14.8 Å². The molecule has 0 aromatic heterocycles. The second-order valence-electron chi connectivity index (χ2n) is 9.89. The van der Waals surface area contributed by atoms with Crippen LogP contribution in [-0.4, -0.2) is 50.7 Å². The first-order valence-corrected chi connectivity index (χ1v) is 14.2. The van der Waals surface area contributed by atoms with Crippen LogP contribution >= 0.6 is 0 Å². The fourth-order valence-electron chi connectivity index (χ4n) is 5.40. The van der Waals surface area contributed by atoms with Gasteiger partial charge in [-0.1, -0.05) is 72.8 Å². The van der Waals surface area contributed by atoms with E-state index in [0.29, 0.717) is 11.3 Å². The highest BCUT2D eigenvalue weighted by atomic mass is 32.2. The number of carbonyl (C=O) groups is 3. The van der Waals surface area contributed by atoms with Gasteiger partial charge >= 0.3 is 5.97 Å². The van der Waals surface area contributed by atoms with E-state index >= 15 is 0 Å². The molecule has 3 aliphatic rings. The van der Waals surface area contributed by atoms with E-state index in [-0.39, 0.29) is 24.6 Å². The molecule has 1 N–H and O–H groups in total. The van der Waals surface area contributed by atoms with Crippen LogP contribution in [0.1, 0.15) is 30.4 Å². The average molecular weight is 558 g/mol. The average Bonchev–Trinajstić information content (AvgIpc) is 2.99. The number of esters is 1. The van der Waals surface area contributed by atoms with Crippen molar-refractivity contribution in [3.05, 3.63) is 113 Å². The summed E-state index contributed by atoms with van der Waals surface area (Å²) in [7, 11) is -0.113. The molecule has 0 spiro atoms. The van der Waals surface area contributed by atoms with Crippen LogP contribution in [0.25, 0.3) is 0 Å². The zero-order valence-electron chi connectivity index (χ0n) is 22.7. The van der Waals surface area contributed by atoms with Gasteiger partial charge in [-0.3, -0.25) is 18.7 Å². The van der Waals surface area contributed by atoms with Gasteiger partial charge in [-0.2, -0.15) is 0 Å². The molecule has 0 unspecified atom stereocenters. The molecule has 8 nitrogen and oxygen atoms in total. The van der Waals surface area contributed by atoms with Crippen LogP contribution in [0.2, 0.25) is 0 Å². The Hall–Kier alpha value is -4.24. The SMILES string of the molecule is [2H][C@H]1C2=C(C(=O)OCc3ccc(OC)cc3)N3C(=O)[C@@H](NC(=O)Cc4ccccc4)[C@H]3[S@@](=O)[C@H]2[C@H]1c1ccccc1. The van der Waals surface area contributed by atoms with Crippen molar-refractivity contribution < 1.29 is 29.4 Å². The summed E-state index contributed by atoms with van der Waals surface area (Å²) in [4.78, 5) is 40.9. The number of ether oxygens (including phenoxy) is 2. The molecule has 2 aliphatic heterocycles. The summed E-state index contributed by atoms with van der Waals surface area (Å²) in [6.07, 6.45) is -0.803. The lowest BCUT2D eigenvalue weighted by Crippen LogP contribution is -2.75. The normalized spacial score (nSPS) is 26.9. The lowest BCUT2D eigenvalue weighted by Gasteiger charge is -2.55. The van der Waals surface area contributed by atoms with Gasteiger partial charge in [0.15, 0.2) is 0 Å². The quantitative estimate of drug-likeness (QED) is 0.337. The maximum atomic E-state index is 14.0. The largest absolute Gasteiger partial charge is 0.497 e. The van der Waals surface area contributed by atoms with Crippen molar-refractivity contribution in [2.24, 2.45) is 0 Å². The van der Waals surface area contributed by atoms with Crippen molar-refractivity contribution in [2.75, 3.05) is 7.11 Å². The number of nitrogens with one attached hydrogen (secondary N) is 1. The van der Waals surface area contributed by atoms with Gasteiger partial charge in [0.2, 0.25) is 5.91 Å². The Labute approximate surface area is 235 Å². The number of hydrogen-bond acceptors (Lipinski definition) is 6. The molecule has 1 saturated heterocycles. The third kappa shape index (κ3) is 4.60. The van der Waals surface area contributed by atoms with Gasteiger partial charge in [0.05, 0.1) is 29.6 Å². The minimum absolute atomic E-state index is 0.0288. The molecular formula is C31H28N2O6S. The van der Waals surface area contributed by atoms with E-state index in [2.05, 4.69) is 5.32 Å². The van der Waals surface area contributed by atoms with Crippen molar-refractivity contribution in [3.8, 4) is 5.75 Å². The lowest BCUT2D eigenvalue weighted by molar-refractivity contribution is -0.154. The van der Waals surface area contributed by atoms with E-state index in [1.807, 2.05) is 60.7 Å². The Morgan fingerprint density at radius 2 is 1.68 bits per heavy atom. The fourth-order valence-corrected chi connectivity index (χ4v) is 7.54. The third-order valence-corrected chi connectivity index (χ3v) is 9.48. The first-order chi connectivity index (χ1) is 19.9. The number of rotatable bonds is 8. The van der Waals surface area contributed by atoms with E-state index in [0.717, 1.165) is 16.7 Å². The zero-order valence-corrected chi connectivity index (χ0v) is 22.5. The highest BCUT2D eigenvalue weighted by Crippen LogP contribution is 2.53. The van der Waals surface area contributed by atoms with Gasteiger partial charge in [0.25, 0.3) is 5.91 Å². The van der Waals surface area contributed by atoms with Crippen molar-refractivity contribution in [3.63, 3.8) is 0 Å². The lowest BCUT2D eigenvalue weighted by atomic mass is 9.73. The molecule has 2 amide bonds. The molecule has 6 rings (SSSR count). The van der Waals surface area contributed by atoms with E-state index < -0.39 is 51.7 Å². The molecule has 204 valence electrons. The monoisotopic (exact) mass is 557 g/mol. The summed E-state index contributed by atoms with van der Waals surface area (Å²) in [5.41, 5.74) is 2.65. The molecule has 2 heterocycles. The number of fused-ring (bicyclic) bond motifs is 2. The van der Waals surface area contributed by atoms with Gasteiger partial charge in [-0.25, -0.2) is 4.79 Å². The number of nitrogens with zero attached hydrogens (tertiary/aromatic N) is 1. The summed E-state index contributed by atoms with van der Waals surface area (Å²) < 4.78 is 33.6. The summed E-state index contributed by atoms with van der Waals surface area (Å²) in [5.74, 6) is -1.43. The van der Waals surface area contributed by atoms with Gasteiger partial charge in [-0.05, 0) is 40.8 Å². The van der Waals surface area contributed by atoms with E-state index in [1.165, 1.54) is 4.90 Å². The summed E-state index contributed by atoms with van der Waals surface area (Å²) in [6, 6.07) is 24.4. The maximum Gasteiger partial charge on any atom is 0.355 e. The molecular weight excluding hydrogens is 528 g/mol. The topological polar surface area (TPSA) is 102 Å². The Bertz CT molecular complexity index is 1550. The van der Waals surface area contributed by atoms with Gasteiger partial charge in [0, 0.05) is 7.29 Å². The van der Waals surface area contributed by atoms with Gasteiger partial charge in [0.1, 0.15) is 29.5 Å². The third-order valence-electron chi connectivity index (χ3n) is 7.47. The number of benzene rings is 3. The van der Waals surface area contributed by atoms with Crippen molar-refractivity contribution in [2.45, 2.75) is 42.0 Å². The number of amides is 2. The molecule has 3 aromatic rings. The fraction of sp³-hybridized carbons (Fsp3) is 0.258. The Balaban J connectivity index is 1.28. The Kier molecular flexibility index (Phi) is 6.65. The molecule has 1 aliphatic carbocycles. The van der Waals surface area contributed by atoms with Crippen LogP contribution in [0.15, 0.2) is 96.2 Å². The second kappa shape index (κ2) is 10.7. The first kappa shape index (κ1) is 24.8. The van der Waals surface area contributed by atoms with Crippen LogP contribution in [0.3, 0.4) is 0 Å². The van der Waals surface area contributed by atoms with Crippen LogP contribution in [0, 0.1) is 0 Å². The minimum atomic E-state index is -1.67. The predicted molar refractivity (Wildman–Crippen MR) is 148 cm³/mol. The first-order valence-electron chi connectivity index (χ1n) is 13.5. The van der Waals surface area contributed by atoms with Crippen LogP contribution in [-0.2, 0) is 42.9 Å². The minimum Gasteiger partial charge on any atom is -0.497 e. The van der Waals surface area contributed by atoms with Crippen molar-refractivity contribution in [1.29, 1.82) is 0 Å². The summed E-state index contributed by atoms with van der Waals surface area (Å²) in [6.45, 7) is -0.0535. The number of hydrogen-bond donors (Lipinski definition) is 1. The summed E-state index contributed by atoms with van der Waals surface area (Å²) >= 11 is 0. The Morgan fingerprint density at radius 3 is 2.35 bits per heavy atom. The molecule has 3 aromatic carbocycles. The molecule has 0 bridgehead atoms. The van der Waals surface area contributed by atoms with E-state index in [1.54, 1.807) is 31.4 Å². The summed E-state index contributed by atoms with van der Waals surface area (Å²) in [5, 5.41) is 1.16. The molecule has 1 saturated carbocycles. The number of β-lactam (4-membered cyclic amide) rings is 1. The molecule has 0 radical (unpaired) electrons. The maximum absolute atomic E-state index is 14.0. The predicted octanol–water partition coefficient (Wildman–Crippen LogP) is 3.21. The molecule has 9 heteroatoms. The Morgan fingerprint density at radius 1 is 1.00 bits per heavy atom. The zero-order chi connectivity index (χ0) is 28.7. The smallest absolute Gasteiger partial charge is 0.355 e. The standard InChI is InChI=1S/C31H28N2O6S/c1-38-22-14-12-20(13-15-22)18-39-31(36)27-24-17-23(21-10-6-3-7-11-21)28(24)40(37)30-26(29(35)33(27)30)32-25(34)16-19-8-4-2-5-9-19/h2-15,23,26,28,30H,16-18H2,1H3,(H,32,34)/t23-,26-,28+,30-,40+/m1/s1/i17D/t17-,23-,26-,28+,30-,40+. The number of carbonyl (C=O) groups excluding carboxylic acids is 3. The van der Waals surface area contributed by atoms with Gasteiger partial charge in [-0.15, -0.1) is 0 Å². The van der Waals surface area contributed by atoms with Crippen LogP contribution < -0.4 is 10.1 Å².